The Morgan fingerprint density at radius 1 is 1.36 bits per heavy atom. The molecule has 0 aliphatic carbocycles. The van der Waals surface area contributed by atoms with Crippen LogP contribution in [0.15, 0.2) is 11.9 Å². The molecule has 0 spiro atoms. The minimum Gasteiger partial charge on any atom is -0.395 e. The van der Waals surface area contributed by atoms with Gasteiger partial charge in [-0.3, -0.25) is 0 Å². The maximum absolute atomic E-state index is 8.99. The predicted molar refractivity (Wildman–Crippen MR) is 60.9 cm³/mol. The van der Waals surface area contributed by atoms with Gasteiger partial charge in [-0.25, -0.2) is 0 Å². The number of hydrogen-bond donors (Lipinski definition) is 1. The quantitative estimate of drug-likeness (QED) is 0.701. The van der Waals surface area contributed by atoms with E-state index in [1.54, 1.807) is 0 Å². The molecule has 0 aliphatic heterocycles. The van der Waals surface area contributed by atoms with E-state index in [1.165, 1.54) is 5.82 Å². The Kier molecular flexibility index (Phi) is 6.37. The molecule has 0 aromatic carbocycles. The van der Waals surface area contributed by atoms with E-state index in [9.17, 15) is 0 Å². The zero-order valence-electron chi connectivity index (χ0n) is 10.1. The van der Waals surface area contributed by atoms with E-state index in [-0.39, 0.29) is 6.61 Å². The Morgan fingerprint density at radius 3 is 2.21 bits per heavy atom. The molecule has 0 aromatic heterocycles. The van der Waals surface area contributed by atoms with Gasteiger partial charge in [0.25, 0.3) is 0 Å². The van der Waals surface area contributed by atoms with Gasteiger partial charge in [-0.2, -0.15) is 0 Å². The van der Waals surface area contributed by atoms with Crippen molar-refractivity contribution in [3.8, 4) is 0 Å². The van der Waals surface area contributed by atoms with Crippen molar-refractivity contribution in [3.63, 3.8) is 0 Å². The topological polar surface area (TPSA) is 26.7 Å². The molecule has 0 amide bonds. The second kappa shape index (κ2) is 6.71. The molecule has 14 heavy (non-hydrogen) atoms. The lowest BCUT2D eigenvalue weighted by Crippen LogP contribution is -2.35. The van der Waals surface area contributed by atoms with Crippen LogP contribution in [0, 0.1) is 5.92 Å². The predicted octanol–water partition coefficient (Wildman–Crippen LogP) is 1.36. The van der Waals surface area contributed by atoms with Crippen molar-refractivity contribution < 1.29 is 5.11 Å². The highest BCUT2D eigenvalue weighted by Gasteiger charge is 2.11. The molecule has 0 saturated carbocycles. The Bertz CT molecular complexity index is 176. The number of aliphatic hydroxyl groups excluding tert-OH is 1. The molecule has 3 heteroatoms. The highest BCUT2D eigenvalue weighted by atomic mass is 16.3. The van der Waals surface area contributed by atoms with Crippen LogP contribution < -0.4 is 0 Å². The van der Waals surface area contributed by atoms with Gasteiger partial charge in [0.1, 0.15) is 0 Å². The van der Waals surface area contributed by atoms with Crippen molar-refractivity contribution in [1.29, 1.82) is 0 Å². The van der Waals surface area contributed by atoms with Crippen LogP contribution in [-0.2, 0) is 0 Å². The first-order valence-electron chi connectivity index (χ1n) is 5.22. The molecule has 0 unspecified atom stereocenters. The molecule has 1 N–H and O–H groups in total. The van der Waals surface area contributed by atoms with Crippen LogP contribution in [0.3, 0.4) is 0 Å². The fourth-order valence-corrected chi connectivity index (χ4v) is 1.58. The minimum atomic E-state index is 0.206. The van der Waals surface area contributed by atoms with E-state index >= 15 is 0 Å². The van der Waals surface area contributed by atoms with Gasteiger partial charge in [-0.05, 0) is 18.9 Å². The first kappa shape index (κ1) is 13.3. The van der Waals surface area contributed by atoms with Gasteiger partial charge in [-0.1, -0.05) is 13.8 Å². The Labute approximate surface area is 88.0 Å². The Hall–Kier alpha value is -0.700. The summed E-state index contributed by atoms with van der Waals surface area (Å²) in [4.78, 5) is 4.29. The van der Waals surface area contributed by atoms with Crippen LogP contribution in [0.25, 0.3) is 0 Å². The highest BCUT2D eigenvalue weighted by molar-refractivity contribution is 4.97. The van der Waals surface area contributed by atoms with Crippen LogP contribution in [0.4, 0.5) is 0 Å². The van der Waals surface area contributed by atoms with Gasteiger partial charge in [0.2, 0.25) is 0 Å². The smallest absolute Gasteiger partial charge is 0.0990 e. The van der Waals surface area contributed by atoms with Crippen molar-refractivity contribution >= 4 is 0 Å². The number of hydrogen-bond acceptors (Lipinski definition) is 3. The standard InChI is InChI=1S/C11H24N2O/c1-6-11(12(4)5)13(7-8-14)9-10(2)3/h6,10,14H,7-9H2,1-5H3. The second-order valence-corrected chi connectivity index (χ2v) is 4.10. The summed E-state index contributed by atoms with van der Waals surface area (Å²) in [5, 5.41) is 8.99. The number of rotatable bonds is 6. The summed E-state index contributed by atoms with van der Waals surface area (Å²) in [6.07, 6.45) is 2.08. The molecular weight excluding hydrogens is 176 g/mol. The van der Waals surface area contributed by atoms with E-state index in [0.717, 1.165) is 6.54 Å². The average molecular weight is 200 g/mol. The van der Waals surface area contributed by atoms with Crippen LogP contribution in [0.1, 0.15) is 20.8 Å². The monoisotopic (exact) mass is 200 g/mol. The van der Waals surface area contributed by atoms with Crippen molar-refractivity contribution in [3.05, 3.63) is 11.9 Å². The summed E-state index contributed by atoms with van der Waals surface area (Å²) in [6, 6.07) is 0. The zero-order valence-corrected chi connectivity index (χ0v) is 10.1. The third-order valence-corrected chi connectivity index (χ3v) is 2.00. The molecule has 0 fully saturated rings. The molecule has 84 valence electrons. The molecule has 0 aliphatic rings. The molecule has 0 bridgehead atoms. The van der Waals surface area contributed by atoms with E-state index in [1.807, 2.05) is 21.0 Å². The third-order valence-electron chi connectivity index (χ3n) is 2.00. The number of allylic oxidation sites excluding steroid dienone is 1. The number of aliphatic hydroxyl groups is 1. The summed E-state index contributed by atoms with van der Waals surface area (Å²) >= 11 is 0. The molecule has 0 rings (SSSR count). The van der Waals surface area contributed by atoms with Crippen LogP contribution in [0.2, 0.25) is 0 Å². The van der Waals surface area contributed by atoms with Gasteiger partial charge in [0.05, 0.1) is 12.4 Å². The minimum absolute atomic E-state index is 0.206. The molecular formula is C11H24N2O. The third kappa shape index (κ3) is 4.51. The van der Waals surface area contributed by atoms with Gasteiger partial charge in [-0.15, -0.1) is 0 Å². The first-order chi connectivity index (χ1) is 6.52. The lowest BCUT2D eigenvalue weighted by atomic mass is 10.2. The molecule has 3 nitrogen and oxygen atoms in total. The van der Waals surface area contributed by atoms with Crippen molar-refractivity contribution in [1.82, 2.24) is 9.80 Å². The van der Waals surface area contributed by atoms with E-state index < -0.39 is 0 Å². The van der Waals surface area contributed by atoms with E-state index in [2.05, 4.69) is 29.7 Å². The lowest BCUT2D eigenvalue weighted by molar-refractivity contribution is 0.181. The molecule has 0 aromatic rings. The fourth-order valence-electron chi connectivity index (χ4n) is 1.58. The van der Waals surface area contributed by atoms with Crippen molar-refractivity contribution in [2.45, 2.75) is 20.8 Å². The maximum Gasteiger partial charge on any atom is 0.0990 e. The maximum atomic E-state index is 8.99. The summed E-state index contributed by atoms with van der Waals surface area (Å²) in [7, 11) is 4.06. The van der Waals surface area contributed by atoms with Gasteiger partial charge in [0, 0.05) is 27.2 Å². The summed E-state index contributed by atoms with van der Waals surface area (Å²) in [6.45, 7) is 8.30. The van der Waals surface area contributed by atoms with E-state index in [4.69, 9.17) is 5.11 Å². The lowest BCUT2D eigenvalue weighted by Gasteiger charge is -2.32. The van der Waals surface area contributed by atoms with Crippen LogP contribution >= 0.6 is 0 Å². The summed E-state index contributed by atoms with van der Waals surface area (Å²) in [5.41, 5.74) is 0. The molecule has 0 atom stereocenters. The van der Waals surface area contributed by atoms with Crippen LogP contribution in [0.5, 0.6) is 0 Å². The van der Waals surface area contributed by atoms with Gasteiger partial charge in [0.15, 0.2) is 0 Å². The van der Waals surface area contributed by atoms with Crippen molar-refractivity contribution in [2.24, 2.45) is 5.92 Å². The average Bonchev–Trinajstić information content (AvgIpc) is 2.03. The van der Waals surface area contributed by atoms with Crippen LogP contribution in [-0.4, -0.2) is 48.7 Å². The Balaban J connectivity index is 4.44. The largest absolute Gasteiger partial charge is 0.395 e. The number of nitrogens with zero attached hydrogens (tertiary/aromatic N) is 2. The fraction of sp³-hybridized carbons (Fsp3) is 0.818. The van der Waals surface area contributed by atoms with E-state index in [0.29, 0.717) is 12.5 Å². The van der Waals surface area contributed by atoms with Crippen molar-refractivity contribution in [2.75, 3.05) is 33.8 Å². The first-order valence-corrected chi connectivity index (χ1v) is 5.22. The highest BCUT2D eigenvalue weighted by Crippen LogP contribution is 2.09. The second-order valence-electron chi connectivity index (χ2n) is 4.10. The summed E-state index contributed by atoms with van der Waals surface area (Å²) < 4.78 is 0. The zero-order chi connectivity index (χ0) is 11.1. The molecule has 0 radical (unpaired) electrons. The summed E-state index contributed by atoms with van der Waals surface area (Å²) in [5.74, 6) is 1.78. The molecule has 0 saturated heterocycles. The van der Waals surface area contributed by atoms with Gasteiger partial charge >= 0.3 is 0 Å². The van der Waals surface area contributed by atoms with Gasteiger partial charge < -0.3 is 14.9 Å². The molecule has 0 heterocycles. The SMILES string of the molecule is CC=C(N(C)C)N(CCO)CC(C)C. The normalized spacial score (nSPS) is 12.1. The Morgan fingerprint density at radius 2 is 1.93 bits per heavy atom.